The summed E-state index contributed by atoms with van der Waals surface area (Å²) in [5.74, 6) is 0. The van der Waals surface area contributed by atoms with Gasteiger partial charge in [-0.05, 0) is 46.4 Å². The van der Waals surface area contributed by atoms with Crippen molar-refractivity contribution in [3.63, 3.8) is 0 Å². The fourth-order valence-electron chi connectivity index (χ4n) is 3.14. The second kappa shape index (κ2) is 9.48. The predicted molar refractivity (Wildman–Crippen MR) is 113 cm³/mol. The van der Waals surface area contributed by atoms with Crippen LogP contribution < -0.4 is 5.32 Å². The van der Waals surface area contributed by atoms with Crippen LogP contribution in [-0.4, -0.2) is 54.9 Å². The Bertz CT molecular complexity index is 821. The third kappa shape index (κ3) is 5.77. The number of ether oxygens (including phenoxy) is 1. The zero-order valence-electron chi connectivity index (χ0n) is 16.9. The van der Waals surface area contributed by atoms with Crippen LogP contribution in [0.1, 0.15) is 32.0 Å². The highest BCUT2D eigenvalue weighted by Crippen LogP contribution is 2.26. The summed E-state index contributed by atoms with van der Waals surface area (Å²) in [5.41, 5.74) is 3.84. The van der Waals surface area contributed by atoms with Crippen LogP contribution in [0.4, 0.5) is 5.69 Å². The molecule has 1 aromatic heterocycles. The quantitative estimate of drug-likeness (QED) is 0.636. The molecule has 6 heteroatoms. The van der Waals surface area contributed by atoms with Crippen LogP contribution in [-0.2, 0) is 9.53 Å². The summed E-state index contributed by atoms with van der Waals surface area (Å²) >= 11 is 0. The highest BCUT2D eigenvalue weighted by molar-refractivity contribution is 6.01. The van der Waals surface area contributed by atoms with Crippen LogP contribution in [0.15, 0.2) is 35.5 Å². The number of para-hydroxylation sites is 1. The monoisotopic (exact) mass is 370 g/mol. The Balaban J connectivity index is 0.000000244. The normalized spacial score (nSPS) is 17.2. The number of H-pyrrole nitrogens is 1. The van der Waals surface area contributed by atoms with Crippen molar-refractivity contribution in [2.24, 2.45) is 4.99 Å². The molecule has 0 radical (unpaired) electrons. The van der Waals surface area contributed by atoms with Crippen LogP contribution in [0.2, 0.25) is 0 Å². The minimum Gasteiger partial charge on any atom is -0.373 e. The fourth-order valence-corrected chi connectivity index (χ4v) is 3.14. The summed E-state index contributed by atoms with van der Waals surface area (Å²) < 4.78 is 5.49. The molecule has 0 unspecified atom stereocenters. The molecule has 0 atom stereocenters. The highest BCUT2D eigenvalue weighted by atomic mass is 16.5. The van der Waals surface area contributed by atoms with Crippen LogP contribution in [0, 0.1) is 6.92 Å². The van der Waals surface area contributed by atoms with E-state index >= 15 is 0 Å². The number of benzene rings is 1. The van der Waals surface area contributed by atoms with Crippen molar-refractivity contribution in [3.8, 4) is 0 Å². The van der Waals surface area contributed by atoms with Gasteiger partial charge in [0.25, 0.3) is 0 Å². The first-order chi connectivity index (χ1) is 12.9. The molecule has 3 rings (SSSR count). The maximum absolute atomic E-state index is 10.6. The van der Waals surface area contributed by atoms with Crippen molar-refractivity contribution < 1.29 is 9.53 Å². The van der Waals surface area contributed by atoms with Crippen LogP contribution in [0.3, 0.4) is 0 Å². The molecule has 2 heterocycles. The van der Waals surface area contributed by atoms with E-state index in [1.807, 2.05) is 38.1 Å². The lowest BCUT2D eigenvalue weighted by atomic mass is 10.1. The number of nitrogens with one attached hydrogen (secondary N) is 2. The summed E-state index contributed by atoms with van der Waals surface area (Å²) in [6.45, 7) is 11.2. The number of carbonyl (C=O) groups is 1. The number of carbonyl (C=O) groups excluding carboxylic acids is 1. The Morgan fingerprint density at radius 2 is 2.15 bits per heavy atom. The van der Waals surface area contributed by atoms with Crippen LogP contribution in [0.25, 0.3) is 10.9 Å². The number of amides is 1. The number of aromatic nitrogens is 1. The van der Waals surface area contributed by atoms with Gasteiger partial charge in [0, 0.05) is 24.7 Å². The van der Waals surface area contributed by atoms with E-state index in [0.29, 0.717) is 6.41 Å². The summed E-state index contributed by atoms with van der Waals surface area (Å²) in [6, 6.07) is 5.80. The fraction of sp³-hybridized carbons (Fsp3) is 0.429. The maximum atomic E-state index is 10.6. The van der Waals surface area contributed by atoms with E-state index in [4.69, 9.17) is 4.74 Å². The second-order valence-electron chi connectivity index (χ2n) is 7.26. The van der Waals surface area contributed by atoms with Crippen LogP contribution >= 0.6 is 0 Å². The summed E-state index contributed by atoms with van der Waals surface area (Å²) in [7, 11) is 2.13. The molecule has 1 fully saturated rings. The minimum atomic E-state index is 0.0764. The minimum absolute atomic E-state index is 0.0764. The molecule has 27 heavy (non-hydrogen) atoms. The van der Waals surface area contributed by atoms with E-state index < -0.39 is 0 Å². The molecule has 0 spiro atoms. The van der Waals surface area contributed by atoms with E-state index in [1.165, 1.54) is 0 Å². The van der Waals surface area contributed by atoms with Gasteiger partial charge in [-0.2, -0.15) is 0 Å². The Labute approximate surface area is 161 Å². The number of anilines is 1. The number of aryl methyl sites for hydroxylation is 1. The first-order valence-corrected chi connectivity index (χ1v) is 9.16. The maximum Gasteiger partial charge on any atom is 0.211 e. The number of aliphatic imine (C=N–C) groups is 1. The van der Waals surface area contributed by atoms with Crippen molar-refractivity contribution >= 4 is 29.2 Å². The molecule has 2 N–H and O–H groups in total. The Hall–Kier alpha value is -2.44. The number of hydrogen-bond donors (Lipinski definition) is 2. The molecule has 0 bridgehead atoms. The molecular weight excluding hydrogens is 340 g/mol. The van der Waals surface area contributed by atoms with Crippen molar-refractivity contribution in [3.05, 3.63) is 41.7 Å². The van der Waals surface area contributed by atoms with E-state index in [9.17, 15) is 4.79 Å². The number of aromatic amines is 1. The highest BCUT2D eigenvalue weighted by Gasteiger charge is 2.24. The average Bonchev–Trinajstić information content (AvgIpc) is 2.92. The number of rotatable bonds is 4. The van der Waals surface area contributed by atoms with Crippen LogP contribution in [0.5, 0.6) is 0 Å². The van der Waals surface area contributed by atoms with Gasteiger partial charge in [0.05, 0.1) is 35.3 Å². The zero-order valence-corrected chi connectivity index (χ0v) is 16.9. The molecule has 0 saturated carbocycles. The lowest BCUT2D eigenvalue weighted by Gasteiger charge is -2.35. The van der Waals surface area contributed by atoms with Crippen molar-refractivity contribution in [1.82, 2.24) is 9.88 Å². The average molecular weight is 370 g/mol. The SMILES string of the molecule is C/C=C\N=Cc1[nH]c2c(NC=O)cccc2c1C.CN1CCOC(C)(C)C1. The molecule has 1 saturated heterocycles. The molecule has 1 amide bonds. The Morgan fingerprint density at radius 3 is 2.74 bits per heavy atom. The number of likely N-dealkylation sites (N-methyl/N-ethyl adjacent to an activating group) is 1. The third-order valence-electron chi connectivity index (χ3n) is 4.40. The standard InChI is InChI=1S/C14H15N3O.C7H15NO/c1-3-7-15-8-13-10(2)11-5-4-6-12(16-9-18)14(11)17-13;1-7(2)6-8(3)4-5-9-7/h3-9,17H,1-2H3,(H,16,18);4-6H2,1-3H3/b7-3-,15-8?;. The Morgan fingerprint density at radius 1 is 1.37 bits per heavy atom. The van der Waals surface area contributed by atoms with E-state index in [1.54, 1.807) is 12.4 Å². The summed E-state index contributed by atoms with van der Waals surface area (Å²) in [6.07, 6.45) is 6.06. The van der Waals surface area contributed by atoms with E-state index in [2.05, 4.69) is 41.1 Å². The first kappa shape index (κ1) is 20.9. The molecule has 1 aromatic carbocycles. The summed E-state index contributed by atoms with van der Waals surface area (Å²) in [4.78, 5) is 20.3. The van der Waals surface area contributed by atoms with Crippen molar-refractivity contribution in [2.45, 2.75) is 33.3 Å². The molecule has 6 nitrogen and oxygen atoms in total. The van der Waals surface area contributed by atoms with Gasteiger partial charge in [-0.15, -0.1) is 0 Å². The Kier molecular flexibility index (Phi) is 7.33. The summed E-state index contributed by atoms with van der Waals surface area (Å²) in [5, 5.41) is 3.77. The number of hydrogen-bond acceptors (Lipinski definition) is 4. The van der Waals surface area contributed by atoms with Crippen molar-refractivity contribution in [1.29, 1.82) is 0 Å². The van der Waals surface area contributed by atoms with Gasteiger partial charge in [0.15, 0.2) is 0 Å². The van der Waals surface area contributed by atoms with Crippen molar-refractivity contribution in [2.75, 3.05) is 32.1 Å². The second-order valence-corrected chi connectivity index (χ2v) is 7.26. The van der Waals surface area contributed by atoms with E-state index in [-0.39, 0.29) is 5.60 Å². The number of morpholine rings is 1. The molecule has 1 aliphatic rings. The smallest absolute Gasteiger partial charge is 0.211 e. The van der Waals surface area contributed by atoms with Gasteiger partial charge in [-0.25, -0.2) is 0 Å². The number of nitrogens with zero attached hydrogens (tertiary/aromatic N) is 2. The van der Waals surface area contributed by atoms with Gasteiger partial charge < -0.3 is 19.9 Å². The van der Waals surface area contributed by atoms with Gasteiger partial charge in [-0.1, -0.05) is 18.2 Å². The predicted octanol–water partition coefficient (Wildman–Crippen LogP) is 3.72. The van der Waals surface area contributed by atoms with Gasteiger partial charge in [0.2, 0.25) is 6.41 Å². The third-order valence-corrected chi connectivity index (χ3v) is 4.40. The molecule has 146 valence electrons. The molecular formula is C21H30N4O2. The zero-order chi connectivity index (χ0) is 19.9. The van der Waals surface area contributed by atoms with Gasteiger partial charge >= 0.3 is 0 Å². The lowest BCUT2D eigenvalue weighted by Crippen LogP contribution is -2.46. The number of allylic oxidation sites excluding steroid dienone is 1. The lowest BCUT2D eigenvalue weighted by molar-refractivity contribution is -0.105. The van der Waals surface area contributed by atoms with E-state index in [0.717, 1.165) is 47.5 Å². The largest absolute Gasteiger partial charge is 0.373 e. The van der Waals surface area contributed by atoms with Gasteiger partial charge in [-0.3, -0.25) is 9.79 Å². The molecule has 0 aliphatic carbocycles. The molecule has 2 aromatic rings. The van der Waals surface area contributed by atoms with Gasteiger partial charge in [0.1, 0.15) is 0 Å². The number of fused-ring (bicyclic) bond motifs is 1. The molecule has 1 aliphatic heterocycles. The topological polar surface area (TPSA) is 69.7 Å². The first-order valence-electron chi connectivity index (χ1n) is 9.16.